The molecular formula is C20H19N3O2. The molecule has 0 aliphatic rings. The molecule has 0 atom stereocenters. The molecule has 1 aromatic heterocycles. The molecular weight excluding hydrogens is 314 g/mol. The van der Waals surface area contributed by atoms with Gasteiger partial charge in [-0.2, -0.15) is 0 Å². The second kappa shape index (κ2) is 7.49. The number of anilines is 3. The summed E-state index contributed by atoms with van der Waals surface area (Å²) in [5, 5.41) is 6.09. The van der Waals surface area contributed by atoms with Gasteiger partial charge in [0, 0.05) is 11.9 Å². The average Bonchev–Trinajstić information content (AvgIpc) is 2.64. The summed E-state index contributed by atoms with van der Waals surface area (Å²) < 4.78 is 5.32. The van der Waals surface area contributed by atoms with Crippen LogP contribution in [0.1, 0.15) is 15.9 Å². The molecule has 0 aliphatic carbocycles. The molecule has 2 N–H and O–H groups in total. The van der Waals surface area contributed by atoms with Crippen LogP contribution in [0.2, 0.25) is 0 Å². The molecule has 3 rings (SSSR count). The summed E-state index contributed by atoms with van der Waals surface area (Å²) >= 11 is 0. The molecule has 0 spiro atoms. The van der Waals surface area contributed by atoms with E-state index in [0.29, 0.717) is 11.3 Å². The molecule has 0 saturated carbocycles. The average molecular weight is 333 g/mol. The number of benzene rings is 2. The quantitative estimate of drug-likeness (QED) is 0.727. The number of ether oxygens (including phenoxy) is 1. The lowest BCUT2D eigenvalue weighted by Crippen LogP contribution is -2.12. The third kappa shape index (κ3) is 4.14. The van der Waals surface area contributed by atoms with Gasteiger partial charge in [0.1, 0.15) is 5.75 Å². The Labute approximate surface area is 146 Å². The highest BCUT2D eigenvalue weighted by molar-refractivity contribution is 6.04. The SMILES string of the molecule is COc1ccccc1Nc1cncc(C(=O)Nc2ccc(C)cc2)c1. The van der Waals surface area contributed by atoms with E-state index in [0.717, 1.165) is 22.7 Å². The summed E-state index contributed by atoms with van der Waals surface area (Å²) in [5.74, 6) is 0.511. The molecule has 0 aliphatic heterocycles. The van der Waals surface area contributed by atoms with Crippen molar-refractivity contribution >= 4 is 23.0 Å². The molecule has 2 aromatic carbocycles. The van der Waals surface area contributed by atoms with Crippen LogP contribution in [-0.4, -0.2) is 18.0 Å². The number of para-hydroxylation sites is 2. The zero-order valence-electron chi connectivity index (χ0n) is 14.1. The highest BCUT2D eigenvalue weighted by Gasteiger charge is 2.09. The van der Waals surface area contributed by atoms with Gasteiger partial charge in [0.15, 0.2) is 0 Å². The maximum absolute atomic E-state index is 12.4. The molecule has 3 aromatic rings. The van der Waals surface area contributed by atoms with E-state index < -0.39 is 0 Å². The Hall–Kier alpha value is -3.34. The number of pyridine rings is 1. The third-order valence-corrected chi connectivity index (χ3v) is 3.70. The molecule has 0 saturated heterocycles. The van der Waals surface area contributed by atoms with Gasteiger partial charge in [-0.15, -0.1) is 0 Å². The number of carbonyl (C=O) groups excluding carboxylic acids is 1. The van der Waals surface area contributed by atoms with Gasteiger partial charge in [-0.05, 0) is 37.3 Å². The molecule has 126 valence electrons. The van der Waals surface area contributed by atoms with Gasteiger partial charge < -0.3 is 15.4 Å². The Bertz CT molecular complexity index is 876. The zero-order valence-corrected chi connectivity index (χ0v) is 14.1. The Morgan fingerprint density at radius 2 is 1.76 bits per heavy atom. The summed E-state index contributed by atoms with van der Waals surface area (Å²) in [7, 11) is 1.62. The molecule has 5 nitrogen and oxygen atoms in total. The summed E-state index contributed by atoms with van der Waals surface area (Å²) in [6, 6.07) is 17.0. The van der Waals surface area contributed by atoms with E-state index in [-0.39, 0.29) is 5.91 Å². The van der Waals surface area contributed by atoms with Crippen LogP contribution in [0, 0.1) is 6.92 Å². The predicted molar refractivity (Wildman–Crippen MR) is 99.6 cm³/mol. The molecule has 0 fully saturated rings. The molecule has 0 radical (unpaired) electrons. The first kappa shape index (κ1) is 16.5. The van der Waals surface area contributed by atoms with E-state index in [2.05, 4.69) is 15.6 Å². The lowest BCUT2D eigenvalue weighted by atomic mass is 10.2. The van der Waals surface area contributed by atoms with E-state index in [1.807, 2.05) is 55.5 Å². The van der Waals surface area contributed by atoms with Crippen molar-refractivity contribution in [3.63, 3.8) is 0 Å². The molecule has 5 heteroatoms. The van der Waals surface area contributed by atoms with Gasteiger partial charge in [-0.1, -0.05) is 29.8 Å². The monoisotopic (exact) mass is 333 g/mol. The standard InChI is InChI=1S/C20H19N3O2/c1-14-7-9-16(10-8-14)23-20(24)15-11-17(13-21-12-15)22-18-5-3-4-6-19(18)25-2/h3-13,22H,1-2H3,(H,23,24). The van der Waals surface area contributed by atoms with Crippen molar-refractivity contribution in [3.05, 3.63) is 78.1 Å². The van der Waals surface area contributed by atoms with Crippen LogP contribution in [0.4, 0.5) is 17.1 Å². The molecule has 1 heterocycles. The molecule has 0 bridgehead atoms. The van der Waals surface area contributed by atoms with E-state index in [1.165, 1.54) is 6.20 Å². The minimum Gasteiger partial charge on any atom is -0.495 e. The first-order chi connectivity index (χ1) is 12.2. The lowest BCUT2D eigenvalue weighted by Gasteiger charge is -2.11. The van der Waals surface area contributed by atoms with Crippen LogP contribution in [-0.2, 0) is 0 Å². The van der Waals surface area contributed by atoms with E-state index in [1.54, 1.807) is 19.4 Å². The predicted octanol–water partition coefficient (Wildman–Crippen LogP) is 4.39. The first-order valence-electron chi connectivity index (χ1n) is 7.89. The van der Waals surface area contributed by atoms with Crippen LogP contribution < -0.4 is 15.4 Å². The number of hydrogen-bond donors (Lipinski definition) is 2. The fraction of sp³-hybridized carbons (Fsp3) is 0.100. The number of hydrogen-bond acceptors (Lipinski definition) is 4. The smallest absolute Gasteiger partial charge is 0.257 e. The highest BCUT2D eigenvalue weighted by Crippen LogP contribution is 2.27. The first-order valence-corrected chi connectivity index (χ1v) is 7.89. The Morgan fingerprint density at radius 1 is 1.00 bits per heavy atom. The number of amides is 1. The third-order valence-electron chi connectivity index (χ3n) is 3.70. The van der Waals surface area contributed by atoms with Gasteiger partial charge in [-0.25, -0.2) is 0 Å². The van der Waals surface area contributed by atoms with E-state index >= 15 is 0 Å². The van der Waals surface area contributed by atoms with Crippen LogP contribution in [0.3, 0.4) is 0 Å². The maximum Gasteiger partial charge on any atom is 0.257 e. The molecule has 1 amide bonds. The Morgan fingerprint density at radius 3 is 2.52 bits per heavy atom. The van der Waals surface area contributed by atoms with Gasteiger partial charge >= 0.3 is 0 Å². The van der Waals surface area contributed by atoms with Gasteiger partial charge in [0.05, 0.1) is 30.2 Å². The van der Waals surface area contributed by atoms with Gasteiger partial charge in [-0.3, -0.25) is 9.78 Å². The minimum atomic E-state index is -0.208. The van der Waals surface area contributed by atoms with Crippen molar-refractivity contribution in [2.75, 3.05) is 17.7 Å². The van der Waals surface area contributed by atoms with Crippen LogP contribution in [0.5, 0.6) is 5.75 Å². The summed E-state index contributed by atoms with van der Waals surface area (Å²) in [4.78, 5) is 16.6. The van der Waals surface area contributed by atoms with Crippen LogP contribution in [0.15, 0.2) is 67.0 Å². The van der Waals surface area contributed by atoms with Gasteiger partial charge in [0.25, 0.3) is 5.91 Å². The second-order valence-electron chi connectivity index (χ2n) is 5.61. The summed E-state index contributed by atoms with van der Waals surface area (Å²) in [6.07, 6.45) is 3.20. The number of rotatable bonds is 5. The summed E-state index contributed by atoms with van der Waals surface area (Å²) in [5.41, 5.74) is 3.88. The summed E-state index contributed by atoms with van der Waals surface area (Å²) in [6.45, 7) is 2.00. The number of methoxy groups -OCH3 is 1. The highest BCUT2D eigenvalue weighted by atomic mass is 16.5. The lowest BCUT2D eigenvalue weighted by molar-refractivity contribution is 0.102. The number of aromatic nitrogens is 1. The van der Waals surface area contributed by atoms with Crippen LogP contribution in [0.25, 0.3) is 0 Å². The van der Waals surface area contributed by atoms with Gasteiger partial charge in [0.2, 0.25) is 0 Å². The van der Waals surface area contributed by atoms with Crippen molar-refractivity contribution in [1.82, 2.24) is 4.98 Å². The van der Waals surface area contributed by atoms with Crippen molar-refractivity contribution in [2.45, 2.75) is 6.92 Å². The van der Waals surface area contributed by atoms with E-state index in [4.69, 9.17) is 4.74 Å². The Kier molecular flexibility index (Phi) is 4.95. The van der Waals surface area contributed by atoms with Crippen molar-refractivity contribution in [1.29, 1.82) is 0 Å². The number of nitrogens with zero attached hydrogens (tertiary/aromatic N) is 1. The van der Waals surface area contributed by atoms with Crippen molar-refractivity contribution in [3.8, 4) is 5.75 Å². The van der Waals surface area contributed by atoms with Crippen LogP contribution >= 0.6 is 0 Å². The molecule has 25 heavy (non-hydrogen) atoms. The normalized spacial score (nSPS) is 10.2. The topological polar surface area (TPSA) is 63.2 Å². The fourth-order valence-electron chi connectivity index (χ4n) is 2.38. The zero-order chi connectivity index (χ0) is 17.6. The number of carbonyl (C=O) groups is 1. The molecule has 0 unspecified atom stereocenters. The maximum atomic E-state index is 12.4. The minimum absolute atomic E-state index is 0.208. The number of aryl methyl sites for hydroxylation is 1. The number of nitrogens with one attached hydrogen (secondary N) is 2. The van der Waals surface area contributed by atoms with Crippen molar-refractivity contribution in [2.24, 2.45) is 0 Å². The van der Waals surface area contributed by atoms with E-state index in [9.17, 15) is 4.79 Å². The van der Waals surface area contributed by atoms with Crippen molar-refractivity contribution < 1.29 is 9.53 Å². The Balaban J connectivity index is 1.76. The second-order valence-corrected chi connectivity index (χ2v) is 5.61. The fourth-order valence-corrected chi connectivity index (χ4v) is 2.38. The largest absolute Gasteiger partial charge is 0.495 e.